The topological polar surface area (TPSA) is 105 Å². The number of nitrogens with one attached hydrogen (secondary N) is 1. The summed E-state index contributed by atoms with van der Waals surface area (Å²) in [6.45, 7) is 0. The summed E-state index contributed by atoms with van der Waals surface area (Å²) in [6.07, 6.45) is 2.48. The number of hydrogen-bond acceptors (Lipinski definition) is 5. The summed E-state index contributed by atoms with van der Waals surface area (Å²) in [6, 6.07) is 5.96. The number of nitrogens with two attached hydrogens (primary N) is 1. The lowest BCUT2D eigenvalue weighted by Crippen LogP contribution is -2.38. The van der Waals surface area contributed by atoms with Gasteiger partial charge in [0.05, 0.1) is 6.07 Å². The van der Waals surface area contributed by atoms with E-state index in [2.05, 4.69) is 10.3 Å². The molecule has 1 aromatic heterocycles. The van der Waals surface area contributed by atoms with Crippen molar-refractivity contribution in [3.05, 3.63) is 35.6 Å². The van der Waals surface area contributed by atoms with Gasteiger partial charge in [0.1, 0.15) is 22.6 Å². The molecular weight excluding hydrogens is 275 g/mol. The van der Waals surface area contributed by atoms with Crippen LogP contribution in [0, 0.1) is 17.1 Å². The van der Waals surface area contributed by atoms with Gasteiger partial charge in [-0.25, -0.2) is 9.37 Å². The van der Waals surface area contributed by atoms with Crippen LogP contribution in [0.15, 0.2) is 28.3 Å². The first-order valence-corrected chi connectivity index (χ1v) is 6.28. The lowest BCUT2D eigenvalue weighted by Gasteiger charge is -2.08. The molecule has 0 radical (unpaired) electrons. The number of rotatable bonds is 3. The van der Waals surface area contributed by atoms with Crippen molar-refractivity contribution in [3.63, 3.8) is 0 Å². The van der Waals surface area contributed by atoms with Crippen LogP contribution >= 0.6 is 0 Å². The number of fused-ring (bicyclic) bond motifs is 1. The summed E-state index contributed by atoms with van der Waals surface area (Å²) in [4.78, 5) is 15.9. The fourth-order valence-corrected chi connectivity index (χ4v) is 1.86. The largest absolute Gasteiger partial charge is 0.437 e. The van der Waals surface area contributed by atoms with Gasteiger partial charge in [-0.05, 0) is 25.0 Å². The molecule has 3 N–H and O–H groups in total. The third-order valence-electron chi connectivity index (χ3n) is 3.23. The van der Waals surface area contributed by atoms with Crippen molar-refractivity contribution < 1.29 is 13.6 Å². The Bertz CT molecular complexity index is 799. The zero-order chi connectivity index (χ0) is 15.0. The Labute approximate surface area is 119 Å². The van der Waals surface area contributed by atoms with E-state index in [-0.39, 0.29) is 17.2 Å². The van der Waals surface area contributed by atoms with E-state index in [0.717, 1.165) is 0 Å². The molecule has 1 saturated carbocycles. The third-order valence-corrected chi connectivity index (χ3v) is 3.23. The highest BCUT2D eigenvalue weighted by atomic mass is 19.1. The Kier molecular flexibility index (Phi) is 2.87. The maximum Gasteiger partial charge on any atom is 0.268 e. The van der Waals surface area contributed by atoms with Crippen LogP contribution in [0.4, 0.5) is 4.39 Å². The zero-order valence-electron chi connectivity index (χ0n) is 10.9. The van der Waals surface area contributed by atoms with Crippen LogP contribution in [-0.4, -0.2) is 16.4 Å². The number of aromatic nitrogens is 1. The molecule has 0 unspecified atom stereocenters. The van der Waals surface area contributed by atoms with Gasteiger partial charge in [0, 0.05) is 12.1 Å². The lowest BCUT2D eigenvalue weighted by molar-refractivity contribution is -0.118. The normalized spacial score (nSPS) is 16.5. The molecule has 1 aromatic carbocycles. The van der Waals surface area contributed by atoms with Gasteiger partial charge in [-0.15, -0.1) is 0 Å². The summed E-state index contributed by atoms with van der Waals surface area (Å²) in [7, 11) is 0. The second-order valence-electron chi connectivity index (χ2n) is 4.91. The zero-order valence-corrected chi connectivity index (χ0v) is 10.9. The molecular formula is C14H11FN4O2. The Hall–Kier alpha value is -2.88. The van der Waals surface area contributed by atoms with E-state index in [1.807, 2.05) is 6.07 Å². The fourth-order valence-electron chi connectivity index (χ4n) is 1.86. The molecule has 0 spiro atoms. The van der Waals surface area contributed by atoms with Crippen LogP contribution in [0.2, 0.25) is 0 Å². The van der Waals surface area contributed by atoms with Gasteiger partial charge in [-0.1, -0.05) is 0 Å². The second-order valence-corrected chi connectivity index (χ2v) is 4.91. The molecule has 1 fully saturated rings. The number of carbonyl (C=O) groups is 1. The quantitative estimate of drug-likeness (QED) is 0.830. The smallest absolute Gasteiger partial charge is 0.268 e. The van der Waals surface area contributed by atoms with E-state index in [1.165, 1.54) is 24.3 Å². The highest BCUT2D eigenvalue weighted by molar-refractivity contribution is 5.97. The predicted octanol–water partition coefficient (Wildman–Crippen LogP) is 1.44. The first-order valence-electron chi connectivity index (χ1n) is 6.28. The van der Waals surface area contributed by atoms with Gasteiger partial charge in [0.15, 0.2) is 5.58 Å². The summed E-state index contributed by atoms with van der Waals surface area (Å²) in [5.41, 5.74) is 5.48. The minimum atomic E-state index is -0.792. The van der Waals surface area contributed by atoms with E-state index in [4.69, 9.17) is 15.4 Å². The monoisotopic (exact) mass is 286 g/mol. The Morgan fingerprint density at radius 1 is 1.57 bits per heavy atom. The number of halogens is 1. The van der Waals surface area contributed by atoms with Gasteiger partial charge in [0.25, 0.3) is 5.91 Å². The number of benzene rings is 1. The number of oxazole rings is 1. The highest BCUT2D eigenvalue weighted by Gasteiger charge is 2.44. The SMILES string of the molecule is N#CC1(NC(=O)C(N)=Cc2nc3ccc(F)cc3o2)CC1. The maximum absolute atomic E-state index is 13.0. The van der Waals surface area contributed by atoms with Crippen LogP contribution in [-0.2, 0) is 4.79 Å². The molecule has 21 heavy (non-hydrogen) atoms. The average molecular weight is 286 g/mol. The molecule has 6 nitrogen and oxygen atoms in total. The van der Waals surface area contributed by atoms with Crippen molar-refractivity contribution in [2.24, 2.45) is 5.73 Å². The molecule has 3 rings (SSSR count). The second kappa shape index (κ2) is 4.59. The first-order chi connectivity index (χ1) is 10.0. The number of carbonyl (C=O) groups excluding carboxylic acids is 1. The van der Waals surface area contributed by atoms with Gasteiger partial charge < -0.3 is 15.5 Å². The molecule has 1 amide bonds. The molecule has 7 heteroatoms. The van der Waals surface area contributed by atoms with Crippen molar-refractivity contribution in [3.8, 4) is 6.07 Å². The highest BCUT2D eigenvalue weighted by Crippen LogP contribution is 2.34. The molecule has 0 bridgehead atoms. The summed E-state index contributed by atoms with van der Waals surface area (Å²) in [5.74, 6) is -0.892. The van der Waals surface area contributed by atoms with E-state index >= 15 is 0 Å². The predicted molar refractivity (Wildman–Crippen MR) is 71.9 cm³/mol. The van der Waals surface area contributed by atoms with Crippen LogP contribution in [0.1, 0.15) is 18.7 Å². The van der Waals surface area contributed by atoms with Crippen LogP contribution < -0.4 is 11.1 Å². The summed E-state index contributed by atoms with van der Waals surface area (Å²) in [5, 5.41) is 11.5. The summed E-state index contributed by atoms with van der Waals surface area (Å²) >= 11 is 0. The summed E-state index contributed by atoms with van der Waals surface area (Å²) < 4.78 is 18.3. The minimum absolute atomic E-state index is 0.102. The standard InChI is InChI=1S/C14H11FN4O2/c15-8-1-2-10-11(5-8)21-12(18-10)6-9(17)13(20)19-14(7-16)3-4-14/h1-2,5-6H,3-4,17H2,(H,19,20). The van der Waals surface area contributed by atoms with Crippen molar-refractivity contribution >= 4 is 23.1 Å². The molecule has 0 atom stereocenters. The van der Waals surface area contributed by atoms with Crippen molar-refractivity contribution in [1.29, 1.82) is 5.26 Å². The molecule has 1 aliphatic carbocycles. The molecule has 2 aromatic rings. The van der Waals surface area contributed by atoms with Crippen LogP contribution in [0.5, 0.6) is 0 Å². The van der Waals surface area contributed by atoms with Crippen LogP contribution in [0.3, 0.4) is 0 Å². The van der Waals surface area contributed by atoms with E-state index in [0.29, 0.717) is 18.4 Å². The fraction of sp³-hybridized carbons (Fsp3) is 0.214. The van der Waals surface area contributed by atoms with Gasteiger partial charge >= 0.3 is 0 Å². The Morgan fingerprint density at radius 3 is 3.00 bits per heavy atom. The van der Waals surface area contributed by atoms with E-state index in [1.54, 1.807) is 0 Å². The van der Waals surface area contributed by atoms with Crippen molar-refractivity contribution in [1.82, 2.24) is 10.3 Å². The number of nitrogens with zero attached hydrogens (tertiary/aromatic N) is 2. The molecule has 0 saturated heterocycles. The van der Waals surface area contributed by atoms with Gasteiger partial charge in [0.2, 0.25) is 5.89 Å². The number of nitriles is 1. The Morgan fingerprint density at radius 2 is 2.33 bits per heavy atom. The number of hydrogen-bond donors (Lipinski definition) is 2. The van der Waals surface area contributed by atoms with E-state index < -0.39 is 17.3 Å². The Balaban J connectivity index is 1.82. The van der Waals surface area contributed by atoms with Crippen LogP contribution in [0.25, 0.3) is 17.2 Å². The number of amides is 1. The molecule has 106 valence electrons. The van der Waals surface area contributed by atoms with Crippen molar-refractivity contribution in [2.75, 3.05) is 0 Å². The first kappa shape index (κ1) is 13.1. The maximum atomic E-state index is 13.0. The minimum Gasteiger partial charge on any atom is -0.437 e. The average Bonchev–Trinajstić information content (AvgIpc) is 3.11. The molecule has 1 heterocycles. The van der Waals surface area contributed by atoms with Gasteiger partial charge in [-0.3, -0.25) is 4.79 Å². The third kappa shape index (κ3) is 2.56. The molecule has 1 aliphatic rings. The van der Waals surface area contributed by atoms with Gasteiger partial charge in [-0.2, -0.15) is 5.26 Å². The lowest BCUT2D eigenvalue weighted by atomic mass is 10.3. The molecule has 0 aliphatic heterocycles. The van der Waals surface area contributed by atoms with Crippen molar-refractivity contribution in [2.45, 2.75) is 18.4 Å². The van der Waals surface area contributed by atoms with E-state index in [9.17, 15) is 9.18 Å².